The van der Waals surface area contributed by atoms with Crippen molar-refractivity contribution in [2.24, 2.45) is 5.10 Å². The van der Waals surface area contributed by atoms with E-state index in [4.69, 9.17) is 0 Å². The zero-order valence-corrected chi connectivity index (χ0v) is 17.5. The van der Waals surface area contributed by atoms with Crippen LogP contribution in [0.5, 0.6) is 5.75 Å². The SMILES string of the molecule is O=C(N/N=C\c1ccccc1O)c1ccc([C@@H]2SCC(=O)N2Cc2ccccc2)cc1. The molecule has 6 nitrogen and oxygen atoms in total. The lowest BCUT2D eigenvalue weighted by Gasteiger charge is -2.24. The van der Waals surface area contributed by atoms with Gasteiger partial charge in [0.05, 0.1) is 12.0 Å². The molecule has 1 atom stereocenters. The molecule has 4 rings (SSSR count). The number of nitrogens with zero attached hydrogens (tertiary/aromatic N) is 2. The summed E-state index contributed by atoms with van der Waals surface area (Å²) in [7, 11) is 0. The number of benzene rings is 3. The number of hydrazone groups is 1. The lowest BCUT2D eigenvalue weighted by atomic mass is 10.1. The number of carbonyl (C=O) groups excluding carboxylic acids is 2. The fraction of sp³-hybridized carbons (Fsp3) is 0.125. The van der Waals surface area contributed by atoms with Crippen molar-refractivity contribution in [1.29, 1.82) is 0 Å². The normalized spacial score (nSPS) is 16.1. The Balaban J connectivity index is 1.41. The average Bonchev–Trinajstić information content (AvgIpc) is 3.16. The van der Waals surface area contributed by atoms with Crippen molar-refractivity contribution in [1.82, 2.24) is 10.3 Å². The molecule has 2 N–H and O–H groups in total. The second-order valence-electron chi connectivity index (χ2n) is 7.05. The van der Waals surface area contributed by atoms with E-state index < -0.39 is 0 Å². The number of amides is 2. The molecule has 0 unspecified atom stereocenters. The van der Waals surface area contributed by atoms with Crippen LogP contribution in [0.3, 0.4) is 0 Å². The third-order valence-corrected chi connectivity index (χ3v) is 6.18. The predicted octanol–water partition coefficient (Wildman–Crippen LogP) is 3.93. The van der Waals surface area contributed by atoms with E-state index in [0.29, 0.717) is 23.4 Å². The summed E-state index contributed by atoms with van der Waals surface area (Å²) in [5.74, 6) is 0.294. The molecule has 0 aromatic heterocycles. The first kappa shape index (κ1) is 20.7. The van der Waals surface area contributed by atoms with Crippen LogP contribution in [0.25, 0.3) is 0 Å². The molecule has 1 aliphatic rings. The van der Waals surface area contributed by atoms with Crippen molar-refractivity contribution < 1.29 is 14.7 Å². The van der Waals surface area contributed by atoms with Gasteiger partial charge >= 0.3 is 0 Å². The number of para-hydroxylation sites is 1. The highest BCUT2D eigenvalue weighted by Crippen LogP contribution is 2.39. The highest BCUT2D eigenvalue weighted by molar-refractivity contribution is 8.00. The molecule has 3 aromatic carbocycles. The Bertz CT molecular complexity index is 1100. The third kappa shape index (κ3) is 4.95. The lowest BCUT2D eigenvalue weighted by molar-refractivity contribution is -0.128. The maximum atomic E-state index is 12.4. The van der Waals surface area contributed by atoms with Crippen LogP contribution in [0.2, 0.25) is 0 Å². The summed E-state index contributed by atoms with van der Waals surface area (Å²) in [4.78, 5) is 26.6. The van der Waals surface area contributed by atoms with Gasteiger partial charge in [0.2, 0.25) is 5.91 Å². The molecule has 2 amide bonds. The fourth-order valence-corrected chi connectivity index (χ4v) is 4.49. The van der Waals surface area contributed by atoms with Gasteiger partial charge in [0.25, 0.3) is 5.91 Å². The van der Waals surface area contributed by atoms with Crippen molar-refractivity contribution in [3.8, 4) is 5.75 Å². The molecular weight excluding hydrogens is 410 g/mol. The molecule has 1 aliphatic heterocycles. The molecule has 7 heteroatoms. The Morgan fingerprint density at radius 3 is 2.52 bits per heavy atom. The van der Waals surface area contributed by atoms with Gasteiger partial charge in [0, 0.05) is 17.7 Å². The van der Waals surface area contributed by atoms with Gasteiger partial charge in [-0.05, 0) is 35.4 Å². The molecule has 1 fully saturated rings. The Hall–Kier alpha value is -3.58. The zero-order chi connectivity index (χ0) is 21.6. The van der Waals surface area contributed by atoms with Crippen molar-refractivity contribution >= 4 is 29.8 Å². The van der Waals surface area contributed by atoms with Gasteiger partial charge in [-0.25, -0.2) is 5.43 Å². The van der Waals surface area contributed by atoms with Crippen molar-refractivity contribution in [2.75, 3.05) is 5.75 Å². The molecule has 31 heavy (non-hydrogen) atoms. The maximum absolute atomic E-state index is 12.4. The molecule has 1 saturated heterocycles. The van der Waals surface area contributed by atoms with E-state index >= 15 is 0 Å². The van der Waals surface area contributed by atoms with Crippen LogP contribution in [0.4, 0.5) is 0 Å². The van der Waals surface area contributed by atoms with E-state index in [0.717, 1.165) is 11.1 Å². The van der Waals surface area contributed by atoms with Crippen molar-refractivity contribution in [3.63, 3.8) is 0 Å². The second kappa shape index (κ2) is 9.49. The molecule has 0 saturated carbocycles. The topological polar surface area (TPSA) is 82.0 Å². The Kier molecular flexibility index (Phi) is 6.33. The van der Waals surface area contributed by atoms with Gasteiger partial charge in [-0.3, -0.25) is 9.59 Å². The summed E-state index contributed by atoms with van der Waals surface area (Å²) in [5.41, 5.74) is 5.49. The molecule has 156 valence electrons. The smallest absolute Gasteiger partial charge is 0.271 e. The summed E-state index contributed by atoms with van der Waals surface area (Å²) >= 11 is 1.59. The van der Waals surface area contributed by atoms with Gasteiger partial charge in [0.1, 0.15) is 11.1 Å². The van der Waals surface area contributed by atoms with Crippen LogP contribution >= 0.6 is 11.8 Å². The van der Waals surface area contributed by atoms with Gasteiger partial charge in [-0.1, -0.05) is 54.6 Å². The number of hydrogen-bond donors (Lipinski definition) is 2. The van der Waals surface area contributed by atoms with E-state index in [2.05, 4.69) is 10.5 Å². The molecule has 0 radical (unpaired) electrons. The number of nitrogens with one attached hydrogen (secondary N) is 1. The zero-order valence-electron chi connectivity index (χ0n) is 16.6. The molecule has 1 heterocycles. The van der Waals surface area contributed by atoms with Crippen molar-refractivity contribution in [2.45, 2.75) is 11.9 Å². The highest BCUT2D eigenvalue weighted by Gasteiger charge is 2.32. The van der Waals surface area contributed by atoms with Crippen molar-refractivity contribution in [3.05, 3.63) is 101 Å². The standard InChI is InChI=1S/C24H21N3O3S/c28-21-9-5-4-8-20(21)14-25-26-23(30)18-10-12-19(13-11-18)24-27(22(29)16-31-24)15-17-6-2-1-3-7-17/h1-14,24,28H,15-16H2,(H,26,30)/b25-14-/t24-/m0/s1. The van der Waals surface area contributed by atoms with Gasteiger partial charge < -0.3 is 10.0 Å². The van der Waals surface area contributed by atoms with Crippen LogP contribution in [0, 0.1) is 0 Å². The Morgan fingerprint density at radius 2 is 1.77 bits per heavy atom. The summed E-state index contributed by atoms with van der Waals surface area (Å²) < 4.78 is 0. The Morgan fingerprint density at radius 1 is 1.06 bits per heavy atom. The minimum Gasteiger partial charge on any atom is -0.507 e. The number of hydrogen-bond acceptors (Lipinski definition) is 5. The molecule has 0 spiro atoms. The maximum Gasteiger partial charge on any atom is 0.271 e. The number of rotatable bonds is 6. The molecule has 0 aliphatic carbocycles. The number of phenolic OH excluding ortho intramolecular Hbond substituents is 1. The highest BCUT2D eigenvalue weighted by atomic mass is 32.2. The Labute approximate surface area is 184 Å². The summed E-state index contributed by atoms with van der Waals surface area (Å²) in [6.45, 7) is 0.556. The number of phenols is 1. The van der Waals surface area contributed by atoms with Gasteiger partial charge in [-0.2, -0.15) is 5.10 Å². The molecule has 3 aromatic rings. The van der Waals surface area contributed by atoms with E-state index in [-0.39, 0.29) is 22.9 Å². The summed E-state index contributed by atoms with van der Waals surface area (Å²) in [5, 5.41) is 13.6. The first-order chi connectivity index (χ1) is 15.1. The molecular formula is C24H21N3O3S. The van der Waals surface area contributed by atoms with E-state index in [1.165, 1.54) is 6.21 Å². The van der Waals surface area contributed by atoms with Crippen LogP contribution in [-0.4, -0.2) is 33.8 Å². The predicted molar refractivity (Wildman–Crippen MR) is 122 cm³/mol. The van der Waals surface area contributed by atoms with Crippen LogP contribution in [-0.2, 0) is 11.3 Å². The number of aromatic hydroxyl groups is 1. The first-order valence-electron chi connectivity index (χ1n) is 9.78. The molecule has 0 bridgehead atoms. The lowest BCUT2D eigenvalue weighted by Crippen LogP contribution is -2.27. The second-order valence-corrected chi connectivity index (χ2v) is 8.12. The minimum atomic E-state index is -0.352. The van der Waals surface area contributed by atoms with Crippen LogP contribution in [0.15, 0.2) is 84.0 Å². The van der Waals surface area contributed by atoms with Gasteiger partial charge in [-0.15, -0.1) is 11.8 Å². The number of thioether (sulfide) groups is 1. The average molecular weight is 432 g/mol. The van der Waals surface area contributed by atoms with E-state index in [1.807, 2.05) is 47.4 Å². The quantitative estimate of drug-likeness (QED) is 0.458. The fourth-order valence-electron chi connectivity index (χ4n) is 3.30. The van der Waals surface area contributed by atoms with E-state index in [1.54, 1.807) is 48.2 Å². The summed E-state index contributed by atoms with van der Waals surface area (Å²) in [6.07, 6.45) is 1.39. The van der Waals surface area contributed by atoms with E-state index in [9.17, 15) is 14.7 Å². The number of carbonyl (C=O) groups is 2. The minimum absolute atomic E-state index is 0.0797. The largest absolute Gasteiger partial charge is 0.507 e. The van der Waals surface area contributed by atoms with Gasteiger partial charge in [0.15, 0.2) is 0 Å². The summed E-state index contributed by atoms with van der Waals surface area (Å²) in [6, 6.07) is 23.8. The first-order valence-corrected chi connectivity index (χ1v) is 10.8. The van der Waals surface area contributed by atoms with Crippen LogP contribution in [0.1, 0.15) is 32.4 Å². The monoisotopic (exact) mass is 431 g/mol. The third-order valence-electron chi connectivity index (χ3n) is 4.93. The van der Waals surface area contributed by atoms with Crippen LogP contribution < -0.4 is 5.43 Å².